The highest BCUT2D eigenvalue weighted by Crippen LogP contribution is 2.50. The first-order chi connectivity index (χ1) is 8.17. The first-order valence-electron chi connectivity index (χ1n) is 5.81. The molecule has 0 radical (unpaired) electrons. The van der Waals surface area contributed by atoms with Gasteiger partial charge in [-0.1, -0.05) is 6.07 Å². The van der Waals surface area contributed by atoms with Crippen molar-refractivity contribution in [2.45, 2.75) is 18.4 Å². The van der Waals surface area contributed by atoms with Crippen LogP contribution in [-0.4, -0.2) is 25.9 Å². The number of aliphatic hydroxyl groups is 1. The van der Waals surface area contributed by atoms with Crippen molar-refractivity contribution in [3.8, 4) is 11.5 Å². The molecular formula is C13H19NO3. The summed E-state index contributed by atoms with van der Waals surface area (Å²) in [6.45, 7) is 0.175. The van der Waals surface area contributed by atoms with Crippen molar-refractivity contribution >= 4 is 0 Å². The second-order valence-corrected chi connectivity index (χ2v) is 4.44. The Balaban J connectivity index is 2.54. The fourth-order valence-electron chi connectivity index (χ4n) is 2.31. The molecule has 94 valence electrons. The van der Waals surface area contributed by atoms with Crippen molar-refractivity contribution in [1.82, 2.24) is 0 Å². The van der Waals surface area contributed by atoms with E-state index in [1.807, 2.05) is 18.2 Å². The molecule has 0 bridgehead atoms. The second kappa shape index (κ2) is 4.55. The zero-order valence-corrected chi connectivity index (χ0v) is 10.3. The molecule has 4 heteroatoms. The molecule has 1 fully saturated rings. The summed E-state index contributed by atoms with van der Waals surface area (Å²) in [4.78, 5) is 0. The highest BCUT2D eigenvalue weighted by molar-refractivity contribution is 5.49. The molecule has 0 spiro atoms. The number of methoxy groups -OCH3 is 2. The quantitative estimate of drug-likeness (QED) is 0.809. The third-order valence-corrected chi connectivity index (χ3v) is 3.42. The number of hydrogen-bond donors (Lipinski definition) is 2. The summed E-state index contributed by atoms with van der Waals surface area (Å²) in [5, 5.41) is 10.8. The number of benzene rings is 1. The molecular weight excluding hydrogens is 218 g/mol. The number of nitrogens with two attached hydrogens (primary N) is 1. The summed E-state index contributed by atoms with van der Waals surface area (Å²) < 4.78 is 10.6. The van der Waals surface area contributed by atoms with Crippen molar-refractivity contribution in [2.24, 2.45) is 11.7 Å². The van der Waals surface area contributed by atoms with Gasteiger partial charge in [0, 0.05) is 6.54 Å². The fourth-order valence-corrected chi connectivity index (χ4v) is 2.31. The molecule has 1 aromatic rings. The first kappa shape index (κ1) is 12.2. The maximum atomic E-state index is 10.8. The van der Waals surface area contributed by atoms with Crippen LogP contribution in [-0.2, 0) is 5.60 Å². The van der Waals surface area contributed by atoms with Crippen LogP contribution >= 0.6 is 0 Å². The summed E-state index contributed by atoms with van der Waals surface area (Å²) in [7, 11) is 3.17. The largest absolute Gasteiger partial charge is 0.496 e. The van der Waals surface area contributed by atoms with Gasteiger partial charge in [0.05, 0.1) is 19.8 Å². The summed E-state index contributed by atoms with van der Waals surface area (Å²) in [6.07, 6.45) is 1.99. The summed E-state index contributed by atoms with van der Waals surface area (Å²) in [5.74, 6) is 1.46. The van der Waals surface area contributed by atoms with Gasteiger partial charge in [0.15, 0.2) is 0 Å². The smallest absolute Gasteiger partial charge is 0.128 e. The highest BCUT2D eigenvalue weighted by atomic mass is 16.5. The highest BCUT2D eigenvalue weighted by Gasteiger charge is 2.47. The monoisotopic (exact) mass is 237 g/mol. The van der Waals surface area contributed by atoms with Crippen molar-refractivity contribution in [1.29, 1.82) is 0 Å². The average molecular weight is 237 g/mol. The van der Waals surface area contributed by atoms with E-state index in [0.717, 1.165) is 12.8 Å². The van der Waals surface area contributed by atoms with E-state index in [-0.39, 0.29) is 12.5 Å². The summed E-state index contributed by atoms with van der Waals surface area (Å²) >= 11 is 0. The Kier molecular flexibility index (Phi) is 3.26. The third kappa shape index (κ3) is 1.98. The minimum Gasteiger partial charge on any atom is -0.496 e. The van der Waals surface area contributed by atoms with Crippen LogP contribution in [0, 0.1) is 5.92 Å². The van der Waals surface area contributed by atoms with Crippen LogP contribution in [0.2, 0.25) is 0 Å². The van der Waals surface area contributed by atoms with E-state index in [2.05, 4.69) is 0 Å². The van der Waals surface area contributed by atoms with Gasteiger partial charge in [-0.3, -0.25) is 0 Å². The van der Waals surface area contributed by atoms with E-state index in [0.29, 0.717) is 17.1 Å². The third-order valence-electron chi connectivity index (χ3n) is 3.42. The van der Waals surface area contributed by atoms with E-state index in [1.165, 1.54) is 0 Å². The van der Waals surface area contributed by atoms with Gasteiger partial charge >= 0.3 is 0 Å². The molecule has 0 aromatic heterocycles. The number of hydrogen-bond acceptors (Lipinski definition) is 4. The van der Waals surface area contributed by atoms with Gasteiger partial charge in [0.1, 0.15) is 17.1 Å². The molecule has 4 nitrogen and oxygen atoms in total. The van der Waals surface area contributed by atoms with Gasteiger partial charge in [-0.15, -0.1) is 0 Å². The maximum Gasteiger partial charge on any atom is 0.128 e. The zero-order valence-electron chi connectivity index (χ0n) is 10.3. The topological polar surface area (TPSA) is 64.7 Å². The van der Waals surface area contributed by atoms with Crippen molar-refractivity contribution < 1.29 is 14.6 Å². The maximum absolute atomic E-state index is 10.8. The Labute approximate surface area is 101 Å². The lowest BCUT2D eigenvalue weighted by atomic mass is 9.87. The lowest BCUT2D eigenvalue weighted by Gasteiger charge is -2.30. The molecule has 0 heterocycles. The normalized spacial score (nSPS) is 18.6. The van der Waals surface area contributed by atoms with Crippen LogP contribution in [0.4, 0.5) is 0 Å². The van der Waals surface area contributed by atoms with Gasteiger partial charge < -0.3 is 20.3 Å². The number of ether oxygens (including phenoxy) is 2. The average Bonchev–Trinajstić information content (AvgIpc) is 3.21. The molecule has 1 atom stereocenters. The van der Waals surface area contributed by atoms with E-state index in [4.69, 9.17) is 15.2 Å². The molecule has 1 aliphatic rings. The molecule has 0 amide bonds. The Morgan fingerprint density at radius 2 is 1.82 bits per heavy atom. The summed E-state index contributed by atoms with van der Waals surface area (Å²) in [6, 6.07) is 5.48. The van der Waals surface area contributed by atoms with Crippen LogP contribution in [0.15, 0.2) is 18.2 Å². The van der Waals surface area contributed by atoms with Gasteiger partial charge in [-0.2, -0.15) is 0 Å². The van der Waals surface area contributed by atoms with Crippen LogP contribution in [0.1, 0.15) is 18.4 Å². The van der Waals surface area contributed by atoms with Crippen molar-refractivity contribution in [3.63, 3.8) is 0 Å². The van der Waals surface area contributed by atoms with Crippen LogP contribution in [0.25, 0.3) is 0 Å². The molecule has 1 aromatic carbocycles. The Bertz CT molecular complexity index is 381. The van der Waals surface area contributed by atoms with E-state index >= 15 is 0 Å². The molecule has 3 N–H and O–H groups in total. The lowest BCUT2D eigenvalue weighted by Crippen LogP contribution is -2.37. The Hall–Kier alpha value is -1.26. The molecule has 17 heavy (non-hydrogen) atoms. The lowest BCUT2D eigenvalue weighted by molar-refractivity contribution is 0.0176. The van der Waals surface area contributed by atoms with Crippen molar-refractivity contribution in [3.05, 3.63) is 23.8 Å². The molecule has 1 aliphatic carbocycles. The SMILES string of the molecule is COc1cccc(OC)c1C(O)(CN)C1CC1. The van der Waals surface area contributed by atoms with E-state index in [1.54, 1.807) is 14.2 Å². The molecule has 1 unspecified atom stereocenters. The Morgan fingerprint density at radius 1 is 1.29 bits per heavy atom. The zero-order chi connectivity index (χ0) is 12.5. The van der Waals surface area contributed by atoms with Crippen LogP contribution in [0.3, 0.4) is 0 Å². The van der Waals surface area contributed by atoms with Crippen LogP contribution < -0.4 is 15.2 Å². The van der Waals surface area contributed by atoms with E-state index in [9.17, 15) is 5.11 Å². The first-order valence-corrected chi connectivity index (χ1v) is 5.81. The molecule has 0 saturated heterocycles. The van der Waals surface area contributed by atoms with Gasteiger partial charge in [0.2, 0.25) is 0 Å². The van der Waals surface area contributed by atoms with Gasteiger partial charge in [-0.05, 0) is 30.9 Å². The van der Waals surface area contributed by atoms with Crippen LogP contribution in [0.5, 0.6) is 11.5 Å². The standard InChI is InChI=1S/C13H19NO3/c1-16-10-4-3-5-11(17-2)12(10)13(15,8-14)9-6-7-9/h3-5,9,15H,6-8,14H2,1-2H3. The van der Waals surface area contributed by atoms with Crippen molar-refractivity contribution in [2.75, 3.05) is 20.8 Å². The fraction of sp³-hybridized carbons (Fsp3) is 0.538. The molecule has 1 saturated carbocycles. The predicted octanol–water partition coefficient (Wildman–Crippen LogP) is 1.26. The second-order valence-electron chi connectivity index (χ2n) is 4.44. The Morgan fingerprint density at radius 3 is 2.18 bits per heavy atom. The van der Waals surface area contributed by atoms with Gasteiger partial charge in [0.25, 0.3) is 0 Å². The predicted molar refractivity (Wildman–Crippen MR) is 65.2 cm³/mol. The summed E-state index contributed by atoms with van der Waals surface area (Å²) in [5.41, 5.74) is 5.40. The number of rotatable bonds is 5. The van der Waals surface area contributed by atoms with Gasteiger partial charge in [-0.25, -0.2) is 0 Å². The minimum atomic E-state index is -1.04. The molecule has 0 aliphatic heterocycles. The molecule has 2 rings (SSSR count). The van der Waals surface area contributed by atoms with E-state index < -0.39 is 5.60 Å². The minimum absolute atomic E-state index is 0.175.